The zero-order valence-electron chi connectivity index (χ0n) is 32.9. The zero-order chi connectivity index (χ0) is 43.5. The third-order valence-corrected chi connectivity index (χ3v) is 11.2. The van der Waals surface area contributed by atoms with Crippen LogP contribution in [0.25, 0.3) is 45.0 Å². The Kier molecular flexibility index (Phi) is 17.8. The Hall–Kier alpha value is -4.98. The second kappa shape index (κ2) is 22.9. The van der Waals surface area contributed by atoms with E-state index in [1.165, 1.54) is 12.4 Å². The Bertz CT molecular complexity index is 2380. The molecule has 2 heterocycles. The van der Waals surface area contributed by atoms with Gasteiger partial charge in [-0.3, -0.25) is 14.8 Å². The van der Waals surface area contributed by atoms with Crippen molar-refractivity contribution in [1.29, 1.82) is 0 Å². The molecule has 6 aromatic rings. The standard InChI is InChI=1S/C23H21Cl2N3O2.C17H10Cl2N2O2.C6H13NO.CH4/c24-16-5-1-14(2-6-16)21-22(15-3-7-17(25)8-4-15)28-20(13-26-21)23(30)27-18-9-11-19(29)12-10-18;18-12-5-1-10(2-6-12)15-16(11-3-7-13(19)8-4-11)21-14(9-20-15)17(22)23;7-5-1-3-6(8)4-2-5;/h1-8,13,18-19,29H,9-12H2,(H,27,30);1-9H,(H,22,23);5-6,8H,1-4,7H2;1H4. The highest BCUT2D eigenvalue weighted by molar-refractivity contribution is 6.31. The Balaban J connectivity index is 0.000000200. The molecule has 0 aliphatic heterocycles. The number of rotatable bonds is 7. The Labute approximate surface area is 381 Å². The minimum absolute atomic E-state index is 0. The predicted molar refractivity (Wildman–Crippen MR) is 248 cm³/mol. The molecule has 2 aliphatic carbocycles. The van der Waals surface area contributed by atoms with Gasteiger partial charge in [-0.1, -0.05) is 102 Å². The van der Waals surface area contributed by atoms with Crippen molar-refractivity contribution >= 4 is 58.3 Å². The lowest BCUT2D eigenvalue weighted by Crippen LogP contribution is -2.39. The molecule has 15 heteroatoms. The molecule has 0 spiro atoms. The normalized spacial score (nSPS) is 18.1. The summed E-state index contributed by atoms with van der Waals surface area (Å²) in [5, 5.41) is 33.3. The highest BCUT2D eigenvalue weighted by Crippen LogP contribution is 2.32. The van der Waals surface area contributed by atoms with E-state index in [9.17, 15) is 14.7 Å². The summed E-state index contributed by atoms with van der Waals surface area (Å²) in [5.74, 6) is -1.39. The van der Waals surface area contributed by atoms with Gasteiger partial charge in [0, 0.05) is 54.4 Å². The fraction of sp³-hybridized carbons (Fsp3) is 0.277. The molecule has 1 amide bonds. The highest BCUT2D eigenvalue weighted by atomic mass is 35.5. The lowest BCUT2D eigenvalue weighted by Gasteiger charge is -2.26. The van der Waals surface area contributed by atoms with Crippen molar-refractivity contribution in [2.75, 3.05) is 0 Å². The number of aromatic nitrogens is 4. The molecule has 2 aromatic heterocycles. The number of nitrogens with two attached hydrogens (primary N) is 1. The van der Waals surface area contributed by atoms with Crippen molar-refractivity contribution in [3.05, 3.63) is 141 Å². The van der Waals surface area contributed by atoms with Crippen LogP contribution in [-0.2, 0) is 0 Å². The predicted octanol–water partition coefficient (Wildman–Crippen LogP) is 10.9. The van der Waals surface area contributed by atoms with Crippen LogP contribution in [0.1, 0.15) is 79.8 Å². The fourth-order valence-electron chi connectivity index (χ4n) is 6.83. The van der Waals surface area contributed by atoms with Crippen molar-refractivity contribution in [3.63, 3.8) is 0 Å². The smallest absolute Gasteiger partial charge is 0.356 e. The molecular formula is C47H48Cl4N6O5. The van der Waals surface area contributed by atoms with Crippen molar-refractivity contribution in [2.45, 2.75) is 83.1 Å². The number of benzene rings is 4. The van der Waals surface area contributed by atoms with Crippen molar-refractivity contribution in [1.82, 2.24) is 25.3 Å². The van der Waals surface area contributed by atoms with E-state index in [0.29, 0.717) is 61.7 Å². The van der Waals surface area contributed by atoms with E-state index in [2.05, 4.69) is 25.3 Å². The number of hydrogen-bond acceptors (Lipinski definition) is 9. The number of nitrogens with zero attached hydrogens (tertiary/aromatic N) is 4. The molecule has 62 heavy (non-hydrogen) atoms. The average molecular weight is 919 g/mol. The van der Waals surface area contributed by atoms with Crippen LogP contribution in [0.15, 0.2) is 109 Å². The molecular weight excluding hydrogens is 870 g/mol. The van der Waals surface area contributed by atoms with Crippen LogP contribution in [0.4, 0.5) is 0 Å². The van der Waals surface area contributed by atoms with E-state index < -0.39 is 5.97 Å². The van der Waals surface area contributed by atoms with Gasteiger partial charge in [-0.05, 0) is 99.9 Å². The maximum absolute atomic E-state index is 12.8. The van der Waals surface area contributed by atoms with Crippen LogP contribution in [0, 0.1) is 0 Å². The Morgan fingerprint density at radius 1 is 0.516 bits per heavy atom. The summed E-state index contributed by atoms with van der Waals surface area (Å²) in [6.45, 7) is 0. The number of aromatic carboxylic acids is 1. The lowest BCUT2D eigenvalue weighted by molar-refractivity contribution is 0.0689. The van der Waals surface area contributed by atoms with E-state index in [1.807, 2.05) is 36.4 Å². The fourth-order valence-corrected chi connectivity index (χ4v) is 7.33. The number of aliphatic hydroxyl groups is 2. The quantitative estimate of drug-likeness (QED) is 0.103. The van der Waals surface area contributed by atoms with Crippen LogP contribution < -0.4 is 11.1 Å². The summed E-state index contributed by atoms with van der Waals surface area (Å²) in [6.07, 6.45) is 9.13. The number of carbonyl (C=O) groups is 2. The summed E-state index contributed by atoms with van der Waals surface area (Å²) in [5.41, 5.74) is 11.2. The molecule has 4 aromatic carbocycles. The van der Waals surface area contributed by atoms with Crippen molar-refractivity contribution in [3.8, 4) is 45.0 Å². The van der Waals surface area contributed by atoms with Gasteiger partial charge in [0.25, 0.3) is 5.91 Å². The van der Waals surface area contributed by atoms with Gasteiger partial charge in [0.2, 0.25) is 0 Å². The minimum Gasteiger partial charge on any atom is -0.476 e. The molecule has 6 N–H and O–H groups in total. The molecule has 2 fully saturated rings. The first-order valence-corrected chi connectivity index (χ1v) is 21.3. The maximum Gasteiger partial charge on any atom is 0.356 e. The van der Waals surface area contributed by atoms with Gasteiger partial charge < -0.3 is 26.4 Å². The molecule has 0 saturated heterocycles. The molecule has 8 rings (SSSR count). The maximum atomic E-state index is 12.8. The third-order valence-electron chi connectivity index (χ3n) is 10.2. The van der Waals surface area contributed by atoms with Gasteiger partial charge in [0.1, 0.15) is 5.69 Å². The van der Waals surface area contributed by atoms with Crippen LogP contribution in [0.2, 0.25) is 20.1 Å². The van der Waals surface area contributed by atoms with Gasteiger partial charge in [-0.2, -0.15) is 0 Å². The van der Waals surface area contributed by atoms with Crippen molar-refractivity contribution in [2.24, 2.45) is 5.73 Å². The van der Waals surface area contributed by atoms with Crippen LogP contribution in [-0.4, -0.2) is 71.4 Å². The first-order chi connectivity index (χ1) is 29.3. The number of carboxylic acid groups (broad SMARTS) is 1. The topological polar surface area (TPSA) is 184 Å². The second-order valence-electron chi connectivity index (χ2n) is 14.8. The molecule has 2 saturated carbocycles. The summed E-state index contributed by atoms with van der Waals surface area (Å²) in [4.78, 5) is 41.7. The van der Waals surface area contributed by atoms with Crippen LogP contribution in [0.5, 0.6) is 0 Å². The van der Waals surface area contributed by atoms with Crippen LogP contribution in [0.3, 0.4) is 0 Å². The van der Waals surface area contributed by atoms with Gasteiger partial charge in [-0.25, -0.2) is 14.8 Å². The number of carbonyl (C=O) groups excluding carboxylic acids is 1. The minimum atomic E-state index is -1.13. The highest BCUT2D eigenvalue weighted by Gasteiger charge is 2.23. The molecule has 11 nitrogen and oxygen atoms in total. The number of carboxylic acids is 1. The van der Waals surface area contributed by atoms with Gasteiger partial charge >= 0.3 is 5.97 Å². The van der Waals surface area contributed by atoms with E-state index >= 15 is 0 Å². The van der Waals surface area contributed by atoms with Gasteiger partial charge in [-0.15, -0.1) is 0 Å². The first-order valence-electron chi connectivity index (χ1n) is 19.8. The van der Waals surface area contributed by atoms with E-state index in [4.69, 9.17) is 62.4 Å². The van der Waals surface area contributed by atoms with Gasteiger partial charge in [0.05, 0.1) is 47.4 Å². The first kappa shape index (κ1) is 48.1. The number of amides is 1. The zero-order valence-corrected chi connectivity index (χ0v) is 35.9. The summed E-state index contributed by atoms with van der Waals surface area (Å²) in [7, 11) is 0. The Morgan fingerprint density at radius 3 is 1.19 bits per heavy atom. The third kappa shape index (κ3) is 13.5. The SMILES string of the molecule is C.NC1CCC(O)CC1.O=C(NC1CCC(O)CC1)c1cnc(-c2ccc(Cl)cc2)c(-c2ccc(Cl)cc2)n1.O=C(O)c1cnc(-c2ccc(Cl)cc2)c(-c2ccc(Cl)cc2)n1. The molecule has 2 aliphatic rings. The average Bonchev–Trinajstić information content (AvgIpc) is 3.27. The second-order valence-corrected chi connectivity index (χ2v) is 16.5. The molecule has 324 valence electrons. The number of hydrogen-bond donors (Lipinski definition) is 5. The summed E-state index contributed by atoms with van der Waals surface area (Å²) >= 11 is 23.9. The van der Waals surface area contributed by atoms with E-state index in [0.717, 1.165) is 60.8 Å². The van der Waals surface area contributed by atoms with E-state index in [-0.39, 0.29) is 43.0 Å². The number of halogens is 4. The summed E-state index contributed by atoms with van der Waals surface area (Å²) < 4.78 is 0. The molecule has 0 bridgehead atoms. The lowest BCUT2D eigenvalue weighted by atomic mass is 9.93. The van der Waals surface area contributed by atoms with Crippen molar-refractivity contribution < 1.29 is 24.9 Å². The largest absolute Gasteiger partial charge is 0.476 e. The molecule has 0 atom stereocenters. The van der Waals surface area contributed by atoms with Gasteiger partial charge in [0.15, 0.2) is 5.69 Å². The molecule has 0 unspecified atom stereocenters. The monoisotopic (exact) mass is 916 g/mol. The summed E-state index contributed by atoms with van der Waals surface area (Å²) in [6, 6.07) is 29.1. The number of nitrogens with one attached hydrogen (secondary N) is 1. The van der Waals surface area contributed by atoms with E-state index in [1.54, 1.807) is 60.7 Å². The Morgan fingerprint density at radius 2 is 0.839 bits per heavy atom. The molecule has 0 radical (unpaired) electrons. The van der Waals surface area contributed by atoms with Crippen LogP contribution >= 0.6 is 46.4 Å². The number of aliphatic hydroxyl groups excluding tert-OH is 2.